The summed E-state index contributed by atoms with van der Waals surface area (Å²) in [5.41, 5.74) is 3.98. The summed E-state index contributed by atoms with van der Waals surface area (Å²) in [4.78, 5) is 21.3. The van der Waals surface area contributed by atoms with Crippen LogP contribution in [0.15, 0.2) is 79.1 Å². The van der Waals surface area contributed by atoms with Crippen LogP contribution in [0.25, 0.3) is 11.1 Å². The summed E-state index contributed by atoms with van der Waals surface area (Å²) in [6.07, 6.45) is 5.41. The van der Waals surface area contributed by atoms with Gasteiger partial charge in [0.15, 0.2) is 0 Å². The number of rotatable bonds is 12. The molecule has 2 heterocycles. The van der Waals surface area contributed by atoms with Crippen LogP contribution in [0, 0.1) is 0 Å². The number of carbonyl (C=O) groups is 1. The molecule has 0 bridgehead atoms. The number of likely N-dealkylation sites (tertiary alicyclic amines) is 1. The van der Waals surface area contributed by atoms with Crippen molar-refractivity contribution in [1.82, 2.24) is 20.1 Å². The maximum atomic E-state index is 12.8. The van der Waals surface area contributed by atoms with Crippen molar-refractivity contribution in [2.75, 3.05) is 44.6 Å². The summed E-state index contributed by atoms with van der Waals surface area (Å²) in [6, 6.07) is 21.7. The molecule has 1 aliphatic rings. The maximum absolute atomic E-state index is 12.8. The van der Waals surface area contributed by atoms with E-state index >= 15 is 0 Å². The van der Waals surface area contributed by atoms with Gasteiger partial charge in [-0.05, 0) is 48.6 Å². The summed E-state index contributed by atoms with van der Waals surface area (Å²) in [5, 5.41) is 26.2. The number of β-amino-alcohol motifs (C(OH)–C–C–N with tert-alkyl or cyclic N) is 1. The number of aromatic nitrogens is 1. The van der Waals surface area contributed by atoms with Gasteiger partial charge in [-0.1, -0.05) is 48.5 Å². The third kappa shape index (κ3) is 8.63. The molecule has 0 aliphatic carbocycles. The van der Waals surface area contributed by atoms with E-state index in [9.17, 15) is 15.0 Å². The number of para-hydroxylation sites is 1. The lowest BCUT2D eigenvalue weighted by Crippen LogP contribution is -2.48. The van der Waals surface area contributed by atoms with Crippen molar-refractivity contribution in [3.05, 3.63) is 84.7 Å². The number of benzene rings is 2. The number of anilines is 1. The molecule has 1 aromatic heterocycles. The molecule has 8 heteroatoms. The van der Waals surface area contributed by atoms with Gasteiger partial charge in [0.25, 0.3) is 0 Å². The molecule has 1 saturated heterocycles. The zero-order valence-electron chi connectivity index (χ0n) is 21.9. The molecule has 8 nitrogen and oxygen atoms in total. The van der Waals surface area contributed by atoms with E-state index in [2.05, 4.69) is 25.4 Å². The van der Waals surface area contributed by atoms with E-state index in [1.165, 1.54) is 0 Å². The van der Waals surface area contributed by atoms with Gasteiger partial charge in [0.2, 0.25) is 0 Å². The number of aliphatic hydroxyl groups excluding tert-OH is 2. The Hall–Kier alpha value is -3.30. The van der Waals surface area contributed by atoms with Crippen LogP contribution in [0.1, 0.15) is 24.8 Å². The summed E-state index contributed by atoms with van der Waals surface area (Å²) < 4.78 is 0. The molecule has 4 rings (SSSR count). The molecule has 202 valence electrons. The van der Waals surface area contributed by atoms with Crippen molar-refractivity contribution in [3.63, 3.8) is 0 Å². The largest absolute Gasteiger partial charge is 0.396 e. The Morgan fingerprint density at radius 3 is 2.47 bits per heavy atom. The third-order valence-electron chi connectivity index (χ3n) is 6.91. The molecule has 0 radical (unpaired) electrons. The zero-order valence-corrected chi connectivity index (χ0v) is 21.9. The van der Waals surface area contributed by atoms with Crippen LogP contribution >= 0.6 is 0 Å². The number of piperidine rings is 1. The van der Waals surface area contributed by atoms with Gasteiger partial charge in [0, 0.05) is 69.9 Å². The predicted molar refractivity (Wildman–Crippen MR) is 151 cm³/mol. The normalized spacial score (nSPS) is 15.3. The summed E-state index contributed by atoms with van der Waals surface area (Å²) in [7, 11) is 0. The molecule has 4 N–H and O–H groups in total. The van der Waals surface area contributed by atoms with Gasteiger partial charge in [-0.15, -0.1) is 0 Å². The molecule has 2 aromatic carbocycles. The Balaban J connectivity index is 1.22. The van der Waals surface area contributed by atoms with Crippen LogP contribution in [0.3, 0.4) is 0 Å². The molecule has 1 aliphatic heterocycles. The molecule has 0 spiro atoms. The van der Waals surface area contributed by atoms with Crippen LogP contribution in [-0.4, -0.2) is 82.5 Å². The lowest BCUT2D eigenvalue weighted by Gasteiger charge is -2.34. The number of carbonyl (C=O) groups excluding carboxylic acids is 1. The van der Waals surface area contributed by atoms with E-state index in [4.69, 9.17) is 0 Å². The first kappa shape index (κ1) is 27.7. The highest BCUT2D eigenvalue weighted by Gasteiger charge is 2.23. The highest BCUT2D eigenvalue weighted by atomic mass is 16.3. The number of pyridine rings is 1. The molecular formula is C30H39N5O3. The fourth-order valence-corrected chi connectivity index (χ4v) is 4.99. The summed E-state index contributed by atoms with van der Waals surface area (Å²) in [6.45, 7) is 4.36. The first-order valence-electron chi connectivity index (χ1n) is 13.4. The maximum Gasteiger partial charge on any atom is 0.319 e. The van der Waals surface area contributed by atoms with Crippen molar-refractivity contribution in [1.29, 1.82) is 0 Å². The zero-order chi connectivity index (χ0) is 26.6. The molecule has 0 saturated carbocycles. The SMILES string of the molecule is O=C(Nc1ccccc1-c1ccccc1)NC1CCN(CC(O)CN(CCCO)Cc2ccncc2)CC1. The van der Waals surface area contributed by atoms with E-state index in [0.29, 0.717) is 26.1 Å². The number of urea groups is 1. The van der Waals surface area contributed by atoms with Crippen molar-refractivity contribution in [2.45, 2.75) is 38.0 Å². The monoisotopic (exact) mass is 517 g/mol. The summed E-state index contributed by atoms with van der Waals surface area (Å²) in [5.74, 6) is 0. The molecular weight excluding hydrogens is 478 g/mol. The van der Waals surface area contributed by atoms with Crippen LogP contribution in [0.4, 0.5) is 10.5 Å². The quantitative estimate of drug-likeness (QED) is 0.293. The smallest absolute Gasteiger partial charge is 0.319 e. The van der Waals surface area contributed by atoms with Crippen LogP contribution in [0.2, 0.25) is 0 Å². The minimum atomic E-state index is -0.488. The molecule has 2 amide bonds. The van der Waals surface area contributed by atoms with E-state index in [0.717, 1.165) is 54.9 Å². The molecule has 3 aromatic rings. The molecule has 1 atom stereocenters. The highest BCUT2D eigenvalue weighted by Crippen LogP contribution is 2.27. The van der Waals surface area contributed by atoms with Gasteiger partial charge >= 0.3 is 6.03 Å². The van der Waals surface area contributed by atoms with Crippen molar-refractivity contribution < 1.29 is 15.0 Å². The number of hydrogen-bond donors (Lipinski definition) is 4. The average Bonchev–Trinajstić information content (AvgIpc) is 2.94. The second kappa shape index (κ2) is 14.6. The Kier molecular flexibility index (Phi) is 10.6. The van der Waals surface area contributed by atoms with Gasteiger partial charge in [-0.3, -0.25) is 9.88 Å². The average molecular weight is 518 g/mol. The van der Waals surface area contributed by atoms with E-state index < -0.39 is 6.10 Å². The minimum absolute atomic E-state index is 0.0972. The number of hydrogen-bond acceptors (Lipinski definition) is 6. The number of nitrogens with one attached hydrogen (secondary N) is 2. The Labute approximate surface area is 225 Å². The minimum Gasteiger partial charge on any atom is -0.396 e. The Bertz CT molecular complexity index is 1110. The third-order valence-corrected chi connectivity index (χ3v) is 6.91. The van der Waals surface area contributed by atoms with Gasteiger partial charge in [-0.2, -0.15) is 0 Å². The molecule has 1 fully saturated rings. The van der Waals surface area contributed by atoms with Crippen LogP contribution < -0.4 is 10.6 Å². The topological polar surface area (TPSA) is 101 Å². The van der Waals surface area contributed by atoms with Crippen LogP contribution in [-0.2, 0) is 6.54 Å². The number of amides is 2. The lowest BCUT2D eigenvalue weighted by atomic mass is 10.0. The van der Waals surface area contributed by atoms with Crippen molar-refractivity contribution in [2.24, 2.45) is 0 Å². The van der Waals surface area contributed by atoms with Gasteiger partial charge in [0.05, 0.1) is 11.8 Å². The van der Waals surface area contributed by atoms with E-state index in [-0.39, 0.29) is 18.7 Å². The lowest BCUT2D eigenvalue weighted by molar-refractivity contribution is 0.0592. The standard InChI is InChI=1S/C30H39N5O3/c36-20-6-17-35(21-24-11-15-31-16-12-24)23-27(37)22-34-18-13-26(14-19-34)32-30(38)33-29-10-5-4-9-28(29)25-7-2-1-3-8-25/h1-5,7-12,15-16,26-27,36-37H,6,13-14,17-23H2,(H2,32,33,38). The van der Waals surface area contributed by atoms with E-state index in [1.807, 2.05) is 66.7 Å². The van der Waals surface area contributed by atoms with Crippen LogP contribution in [0.5, 0.6) is 0 Å². The first-order valence-corrected chi connectivity index (χ1v) is 13.4. The van der Waals surface area contributed by atoms with Gasteiger partial charge in [0.1, 0.15) is 0 Å². The molecule has 1 unspecified atom stereocenters. The number of nitrogens with zero attached hydrogens (tertiary/aromatic N) is 3. The first-order chi connectivity index (χ1) is 18.6. The van der Waals surface area contributed by atoms with Crippen molar-refractivity contribution in [3.8, 4) is 11.1 Å². The molecule has 38 heavy (non-hydrogen) atoms. The van der Waals surface area contributed by atoms with Crippen molar-refractivity contribution >= 4 is 11.7 Å². The fourth-order valence-electron chi connectivity index (χ4n) is 4.99. The second-order valence-electron chi connectivity index (χ2n) is 9.91. The Morgan fingerprint density at radius 2 is 1.74 bits per heavy atom. The second-order valence-corrected chi connectivity index (χ2v) is 9.91. The van der Waals surface area contributed by atoms with E-state index in [1.54, 1.807) is 12.4 Å². The highest BCUT2D eigenvalue weighted by molar-refractivity contribution is 5.94. The Morgan fingerprint density at radius 1 is 1.03 bits per heavy atom. The van der Waals surface area contributed by atoms with Gasteiger partial charge in [-0.25, -0.2) is 4.79 Å². The fraction of sp³-hybridized carbons (Fsp3) is 0.400. The number of aliphatic hydroxyl groups is 2. The predicted octanol–water partition coefficient (Wildman–Crippen LogP) is 3.58. The van der Waals surface area contributed by atoms with Gasteiger partial charge < -0.3 is 25.7 Å². The summed E-state index contributed by atoms with van der Waals surface area (Å²) >= 11 is 0.